The third-order valence-corrected chi connectivity index (χ3v) is 2.66. The van der Waals surface area contributed by atoms with E-state index in [2.05, 4.69) is 0 Å². The number of rotatable bonds is 12. The summed E-state index contributed by atoms with van der Waals surface area (Å²) in [5, 5.41) is 0. The highest BCUT2D eigenvalue weighted by atomic mass is 16.1. The van der Waals surface area contributed by atoms with E-state index in [0.29, 0.717) is 6.29 Å². The Morgan fingerprint density at radius 3 is 1.42 bits per heavy atom. The fourth-order valence-corrected chi connectivity index (χ4v) is 1.47. The summed E-state index contributed by atoms with van der Waals surface area (Å²) in [6, 6.07) is 0. The molecule has 0 aromatic rings. The lowest BCUT2D eigenvalue weighted by atomic mass is 10.0. The zero-order valence-electron chi connectivity index (χ0n) is 11.3. The summed E-state index contributed by atoms with van der Waals surface area (Å²) < 4.78 is 0. The summed E-state index contributed by atoms with van der Waals surface area (Å²) in [5.41, 5.74) is 0. The average molecular weight is 268 g/mol. The monoisotopic (exact) mass is 268 g/mol. The summed E-state index contributed by atoms with van der Waals surface area (Å²) in [6.07, 6.45) is 1.95. The molecule has 5 heteroatoms. The van der Waals surface area contributed by atoms with Crippen molar-refractivity contribution in [1.82, 2.24) is 0 Å². The first-order chi connectivity index (χ1) is 8.95. The molecule has 0 aliphatic heterocycles. The van der Waals surface area contributed by atoms with E-state index in [0.717, 1.165) is 0 Å². The van der Waals surface area contributed by atoms with Gasteiger partial charge in [0.05, 0.1) is 0 Å². The molecule has 0 heterocycles. The van der Waals surface area contributed by atoms with Crippen LogP contribution in [0.25, 0.3) is 0 Å². The molecule has 0 amide bonds. The maximum atomic E-state index is 11.4. The molecule has 0 spiro atoms. The van der Waals surface area contributed by atoms with E-state index in [1.165, 1.54) is 6.92 Å². The van der Waals surface area contributed by atoms with Crippen LogP contribution in [0.3, 0.4) is 0 Å². The molecule has 0 N–H and O–H groups in total. The van der Waals surface area contributed by atoms with E-state index in [1.54, 1.807) is 0 Å². The molecule has 0 aliphatic carbocycles. The molecule has 0 rings (SSSR count). The van der Waals surface area contributed by atoms with Crippen LogP contribution in [0.1, 0.15) is 58.3 Å². The van der Waals surface area contributed by atoms with Crippen molar-refractivity contribution in [1.29, 1.82) is 0 Å². The van der Waals surface area contributed by atoms with Gasteiger partial charge in [0, 0.05) is 51.4 Å². The van der Waals surface area contributed by atoms with Gasteiger partial charge in [0.1, 0.15) is 29.4 Å². The first kappa shape index (κ1) is 17.4. The van der Waals surface area contributed by atoms with Crippen molar-refractivity contribution < 1.29 is 24.0 Å². The molecule has 0 saturated carbocycles. The highest BCUT2D eigenvalue weighted by Crippen LogP contribution is 2.05. The summed E-state index contributed by atoms with van der Waals surface area (Å²) in [5.74, 6) is -0.379. The molecular formula is C14H20O5. The highest BCUT2D eigenvalue weighted by molar-refractivity contribution is 5.90. The van der Waals surface area contributed by atoms with E-state index in [4.69, 9.17) is 0 Å². The maximum absolute atomic E-state index is 11.4. The third-order valence-electron chi connectivity index (χ3n) is 2.66. The van der Waals surface area contributed by atoms with Gasteiger partial charge in [-0.2, -0.15) is 0 Å². The lowest BCUT2D eigenvalue weighted by Gasteiger charge is -2.00. The first-order valence-corrected chi connectivity index (χ1v) is 6.44. The first-order valence-electron chi connectivity index (χ1n) is 6.44. The average Bonchev–Trinajstić information content (AvgIpc) is 2.37. The Bertz CT molecular complexity index is 357. The summed E-state index contributed by atoms with van der Waals surface area (Å²) in [4.78, 5) is 54.7. The normalized spacial score (nSPS) is 9.95. The standard InChI is InChI=1S/C14H20O5/c1-11(16)4-5-13(18)8-9-14(19)7-6-12(17)3-2-10-15/h10H,2-9H2,1H3. The summed E-state index contributed by atoms with van der Waals surface area (Å²) in [7, 11) is 0. The minimum absolute atomic E-state index is 0.0412. The zero-order chi connectivity index (χ0) is 14.7. The van der Waals surface area contributed by atoms with Crippen LogP contribution in [0.5, 0.6) is 0 Å². The maximum Gasteiger partial charge on any atom is 0.133 e. The van der Waals surface area contributed by atoms with Gasteiger partial charge in [0.25, 0.3) is 0 Å². The second kappa shape index (κ2) is 10.3. The van der Waals surface area contributed by atoms with Crippen molar-refractivity contribution in [3.8, 4) is 0 Å². The Labute approximate surface area is 112 Å². The van der Waals surface area contributed by atoms with Crippen molar-refractivity contribution >= 4 is 29.4 Å². The van der Waals surface area contributed by atoms with Crippen LogP contribution in [0.15, 0.2) is 0 Å². The fourth-order valence-electron chi connectivity index (χ4n) is 1.47. The Hall–Kier alpha value is -1.65. The van der Waals surface area contributed by atoms with Crippen LogP contribution < -0.4 is 0 Å². The van der Waals surface area contributed by atoms with E-state index in [9.17, 15) is 24.0 Å². The number of hydrogen-bond acceptors (Lipinski definition) is 5. The van der Waals surface area contributed by atoms with Gasteiger partial charge in [-0.25, -0.2) is 0 Å². The molecule has 0 saturated heterocycles. The Morgan fingerprint density at radius 2 is 1.05 bits per heavy atom. The van der Waals surface area contributed by atoms with Crippen LogP contribution in [0.4, 0.5) is 0 Å². The predicted octanol–water partition coefficient (Wildman–Crippen LogP) is 1.60. The van der Waals surface area contributed by atoms with E-state index >= 15 is 0 Å². The molecule has 19 heavy (non-hydrogen) atoms. The van der Waals surface area contributed by atoms with E-state index < -0.39 is 0 Å². The van der Waals surface area contributed by atoms with Gasteiger partial charge >= 0.3 is 0 Å². The van der Waals surface area contributed by atoms with Crippen molar-refractivity contribution in [3.05, 3.63) is 0 Å². The van der Waals surface area contributed by atoms with Gasteiger partial charge in [0.2, 0.25) is 0 Å². The summed E-state index contributed by atoms with van der Waals surface area (Å²) in [6.45, 7) is 1.42. The van der Waals surface area contributed by atoms with E-state index in [1.807, 2.05) is 0 Å². The molecule has 0 aliphatic rings. The number of aldehydes is 1. The minimum Gasteiger partial charge on any atom is -0.303 e. The van der Waals surface area contributed by atoms with E-state index in [-0.39, 0.29) is 74.5 Å². The Balaban J connectivity index is 3.69. The molecule has 106 valence electrons. The number of carbonyl (C=O) groups is 5. The topological polar surface area (TPSA) is 85.3 Å². The number of ketones is 4. The SMILES string of the molecule is CC(=O)CCC(=O)CCC(=O)CCC(=O)CCC=O. The van der Waals surface area contributed by atoms with Crippen LogP contribution in [-0.4, -0.2) is 29.4 Å². The smallest absolute Gasteiger partial charge is 0.133 e. The van der Waals surface area contributed by atoms with Gasteiger partial charge in [-0.1, -0.05) is 0 Å². The number of hydrogen-bond donors (Lipinski definition) is 0. The van der Waals surface area contributed by atoms with Crippen molar-refractivity contribution in [2.45, 2.75) is 58.3 Å². The second-order valence-electron chi connectivity index (χ2n) is 4.52. The lowest BCUT2D eigenvalue weighted by molar-refractivity contribution is -0.127. The second-order valence-corrected chi connectivity index (χ2v) is 4.52. The molecular weight excluding hydrogens is 248 g/mol. The fraction of sp³-hybridized carbons (Fsp3) is 0.643. The molecule has 0 aromatic heterocycles. The lowest BCUT2D eigenvalue weighted by Crippen LogP contribution is -2.08. The van der Waals surface area contributed by atoms with Gasteiger partial charge in [-0.05, 0) is 6.92 Å². The number of carbonyl (C=O) groups excluding carboxylic acids is 5. The minimum atomic E-state index is -0.129. The molecule has 0 fully saturated rings. The molecule has 0 atom stereocenters. The molecule has 0 bridgehead atoms. The molecule has 5 nitrogen and oxygen atoms in total. The molecule has 0 radical (unpaired) electrons. The molecule has 0 unspecified atom stereocenters. The Kier molecular flexibility index (Phi) is 9.40. The van der Waals surface area contributed by atoms with Crippen LogP contribution in [0, 0.1) is 0 Å². The highest BCUT2D eigenvalue weighted by Gasteiger charge is 2.10. The van der Waals surface area contributed by atoms with Gasteiger partial charge in [-0.3, -0.25) is 14.4 Å². The number of Topliss-reactive ketones (excluding diaryl/α,β-unsaturated/α-hetero) is 4. The summed E-state index contributed by atoms with van der Waals surface area (Å²) >= 11 is 0. The van der Waals surface area contributed by atoms with Crippen LogP contribution in [-0.2, 0) is 24.0 Å². The quantitative estimate of drug-likeness (QED) is 0.502. The van der Waals surface area contributed by atoms with Crippen molar-refractivity contribution in [2.75, 3.05) is 0 Å². The van der Waals surface area contributed by atoms with Crippen LogP contribution in [0.2, 0.25) is 0 Å². The van der Waals surface area contributed by atoms with Crippen molar-refractivity contribution in [3.63, 3.8) is 0 Å². The van der Waals surface area contributed by atoms with Gasteiger partial charge < -0.3 is 9.59 Å². The van der Waals surface area contributed by atoms with Crippen molar-refractivity contribution in [2.24, 2.45) is 0 Å². The zero-order valence-corrected chi connectivity index (χ0v) is 11.3. The van der Waals surface area contributed by atoms with Gasteiger partial charge in [-0.15, -0.1) is 0 Å². The largest absolute Gasteiger partial charge is 0.303 e. The molecule has 0 aromatic carbocycles. The van der Waals surface area contributed by atoms with Crippen LogP contribution >= 0.6 is 0 Å². The van der Waals surface area contributed by atoms with Gasteiger partial charge in [0.15, 0.2) is 0 Å². The Morgan fingerprint density at radius 1 is 0.684 bits per heavy atom. The predicted molar refractivity (Wildman–Crippen MR) is 68.7 cm³/mol. The third kappa shape index (κ3) is 11.2.